The lowest BCUT2D eigenvalue weighted by atomic mass is 9.95. The Hall–Kier alpha value is -4.87. The third-order valence-corrected chi connectivity index (χ3v) is 7.48. The van der Waals surface area contributed by atoms with Gasteiger partial charge < -0.3 is 35.1 Å². The van der Waals surface area contributed by atoms with Crippen LogP contribution >= 0.6 is 0 Å². The molecule has 0 aliphatic carbocycles. The van der Waals surface area contributed by atoms with Crippen LogP contribution < -0.4 is 25.4 Å². The Morgan fingerprint density at radius 2 is 1.73 bits per heavy atom. The lowest BCUT2D eigenvalue weighted by Gasteiger charge is -2.25. The zero-order valence-electron chi connectivity index (χ0n) is 25.2. The van der Waals surface area contributed by atoms with E-state index in [1.807, 2.05) is 19.9 Å². The number of methoxy groups -OCH3 is 2. The first-order valence-corrected chi connectivity index (χ1v) is 14.5. The number of nitrogens with one attached hydrogen (secondary N) is 4. The summed E-state index contributed by atoms with van der Waals surface area (Å²) in [6, 6.07) is 11.1. The molecule has 3 aromatic rings. The van der Waals surface area contributed by atoms with Crippen LogP contribution in [0.25, 0.3) is 10.9 Å². The molecule has 1 aliphatic rings. The lowest BCUT2D eigenvalue weighted by molar-refractivity contribution is -0.131. The molecule has 1 aromatic heterocycles. The van der Waals surface area contributed by atoms with E-state index in [9.17, 15) is 24.0 Å². The second kappa shape index (κ2) is 14.5. The number of Topliss-reactive ketones (excluding diaryl/α,β-unsaturated/α-hetero) is 1. The first-order valence-electron chi connectivity index (χ1n) is 14.5. The van der Waals surface area contributed by atoms with Gasteiger partial charge in [-0.05, 0) is 67.6 Å². The van der Waals surface area contributed by atoms with Crippen molar-refractivity contribution in [3.63, 3.8) is 0 Å². The molecule has 3 amide bonds. The maximum atomic E-state index is 13.6. The van der Waals surface area contributed by atoms with E-state index in [0.29, 0.717) is 36.4 Å². The van der Waals surface area contributed by atoms with E-state index in [2.05, 4.69) is 20.9 Å². The molecule has 1 fully saturated rings. The van der Waals surface area contributed by atoms with Crippen molar-refractivity contribution in [2.75, 3.05) is 27.4 Å². The largest absolute Gasteiger partial charge is 0.497 e. The molecular formula is C32H38N4O8. The SMILES string of the molecule is COc1ccc(C(=O)OCC(=O)[C@@H](CC2CCNC2=O)NC(=O)[C@@H](CC(C)C)NC(=O)c2cc3c(OC)cccc3[nH]2)cc1. The van der Waals surface area contributed by atoms with Crippen LogP contribution in [-0.4, -0.2) is 73.9 Å². The van der Waals surface area contributed by atoms with Crippen LogP contribution in [0.3, 0.4) is 0 Å². The normalized spacial score (nSPS) is 15.8. The van der Waals surface area contributed by atoms with Gasteiger partial charge in [0.25, 0.3) is 5.91 Å². The van der Waals surface area contributed by atoms with Crippen molar-refractivity contribution in [2.24, 2.45) is 11.8 Å². The number of fused-ring (bicyclic) bond motifs is 1. The number of ether oxygens (including phenoxy) is 3. The number of carbonyl (C=O) groups excluding carboxylic acids is 5. The molecule has 0 spiro atoms. The van der Waals surface area contributed by atoms with Gasteiger partial charge in [0.1, 0.15) is 23.2 Å². The van der Waals surface area contributed by atoms with Crippen molar-refractivity contribution >= 4 is 40.4 Å². The first kappa shape index (κ1) is 32.1. The average Bonchev–Trinajstić information content (AvgIpc) is 3.64. The minimum Gasteiger partial charge on any atom is -0.497 e. The molecule has 44 heavy (non-hydrogen) atoms. The summed E-state index contributed by atoms with van der Waals surface area (Å²) in [5.74, 6) is -1.92. The Kier molecular flexibility index (Phi) is 10.6. The van der Waals surface area contributed by atoms with Crippen molar-refractivity contribution in [3.05, 3.63) is 59.8 Å². The van der Waals surface area contributed by atoms with E-state index in [4.69, 9.17) is 14.2 Å². The molecule has 1 unspecified atom stereocenters. The number of hydrogen-bond acceptors (Lipinski definition) is 8. The van der Waals surface area contributed by atoms with Crippen molar-refractivity contribution < 1.29 is 38.2 Å². The van der Waals surface area contributed by atoms with Crippen molar-refractivity contribution in [1.29, 1.82) is 0 Å². The highest BCUT2D eigenvalue weighted by Crippen LogP contribution is 2.26. The van der Waals surface area contributed by atoms with Crippen LogP contribution in [0, 0.1) is 11.8 Å². The predicted octanol–water partition coefficient (Wildman–Crippen LogP) is 2.77. The van der Waals surface area contributed by atoms with E-state index in [1.165, 1.54) is 26.4 Å². The topological polar surface area (TPSA) is 165 Å². The summed E-state index contributed by atoms with van der Waals surface area (Å²) >= 11 is 0. The van der Waals surface area contributed by atoms with Gasteiger partial charge in [0, 0.05) is 23.4 Å². The number of esters is 1. The Morgan fingerprint density at radius 1 is 0.977 bits per heavy atom. The second-order valence-corrected chi connectivity index (χ2v) is 11.1. The van der Waals surface area contributed by atoms with Crippen LogP contribution in [-0.2, 0) is 19.1 Å². The molecule has 12 nitrogen and oxygen atoms in total. The molecule has 1 saturated heterocycles. The van der Waals surface area contributed by atoms with Gasteiger partial charge in [-0.2, -0.15) is 0 Å². The van der Waals surface area contributed by atoms with Gasteiger partial charge >= 0.3 is 5.97 Å². The van der Waals surface area contributed by atoms with Crippen LogP contribution in [0.5, 0.6) is 11.5 Å². The average molecular weight is 607 g/mol. The standard InChI is InChI=1S/C32H38N4O8/c1-18(2)14-25(36-31(40)26-16-22-23(34-26)6-5-7-28(22)43-4)30(39)35-24(15-20-12-13-33-29(20)38)27(37)17-44-32(41)19-8-10-21(42-3)11-9-19/h5-11,16,18,20,24-25,34H,12-15,17H2,1-4H3,(H,33,38)(H,35,39)(H,36,40)/t20?,24-,25-/m1/s1. The van der Waals surface area contributed by atoms with Crippen LogP contribution in [0.1, 0.15) is 54.0 Å². The van der Waals surface area contributed by atoms with Crippen LogP contribution in [0.15, 0.2) is 48.5 Å². The molecule has 4 rings (SSSR count). The van der Waals surface area contributed by atoms with Crippen molar-refractivity contribution in [1.82, 2.24) is 20.9 Å². The van der Waals surface area contributed by atoms with Gasteiger partial charge in [-0.25, -0.2) is 4.79 Å². The van der Waals surface area contributed by atoms with E-state index in [1.54, 1.807) is 30.3 Å². The Morgan fingerprint density at radius 3 is 2.36 bits per heavy atom. The fourth-order valence-electron chi connectivity index (χ4n) is 5.11. The zero-order valence-corrected chi connectivity index (χ0v) is 25.2. The molecule has 0 radical (unpaired) electrons. The Bertz CT molecular complexity index is 1510. The zero-order chi connectivity index (χ0) is 31.8. The second-order valence-electron chi connectivity index (χ2n) is 11.1. The van der Waals surface area contributed by atoms with Gasteiger partial charge in [0.05, 0.1) is 25.8 Å². The van der Waals surface area contributed by atoms with E-state index in [0.717, 1.165) is 5.39 Å². The molecule has 0 saturated carbocycles. The minimum absolute atomic E-state index is 0.0223. The highest BCUT2D eigenvalue weighted by molar-refractivity contribution is 6.02. The summed E-state index contributed by atoms with van der Waals surface area (Å²) in [7, 11) is 3.04. The Balaban J connectivity index is 1.47. The quantitative estimate of drug-likeness (QED) is 0.204. The number of ketones is 1. The molecule has 1 aliphatic heterocycles. The minimum atomic E-state index is -1.12. The summed E-state index contributed by atoms with van der Waals surface area (Å²) in [4.78, 5) is 68.1. The number of amides is 3. The molecule has 4 N–H and O–H groups in total. The lowest BCUT2D eigenvalue weighted by Crippen LogP contribution is -2.53. The molecular weight excluding hydrogens is 568 g/mol. The molecule has 3 atom stereocenters. The summed E-state index contributed by atoms with van der Waals surface area (Å²) in [5.41, 5.74) is 1.17. The number of carbonyl (C=O) groups is 5. The summed E-state index contributed by atoms with van der Waals surface area (Å²) in [6.07, 6.45) is 0.819. The van der Waals surface area contributed by atoms with Crippen LogP contribution in [0.4, 0.5) is 0 Å². The van der Waals surface area contributed by atoms with Gasteiger partial charge in [-0.1, -0.05) is 19.9 Å². The van der Waals surface area contributed by atoms with Gasteiger partial charge in [-0.3, -0.25) is 19.2 Å². The third kappa shape index (κ3) is 7.94. The highest BCUT2D eigenvalue weighted by Gasteiger charge is 2.34. The molecule has 234 valence electrons. The monoisotopic (exact) mass is 606 g/mol. The van der Waals surface area contributed by atoms with Gasteiger partial charge in [0.15, 0.2) is 12.4 Å². The van der Waals surface area contributed by atoms with Crippen molar-refractivity contribution in [3.8, 4) is 11.5 Å². The molecule has 2 heterocycles. The maximum Gasteiger partial charge on any atom is 0.338 e. The smallest absolute Gasteiger partial charge is 0.338 e. The van der Waals surface area contributed by atoms with E-state index >= 15 is 0 Å². The molecule has 2 aromatic carbocycles. The number of rotatable bonds is 14. The Labute approximate surface area is 255 Å². The van der Waals surface area contributed by atoms with E-state index in [-0.39, 0.29) is 29.5 Å². The maximum absolute atomic E-state index is 13.6. The number of H-pyrrole nitrogens is 1. The molecule has 12 heteroatoms. The van der Waals surface area contributed by atoms with Crippen molar-refractivity contribution in [2.45, 2.75) is 45.2 Å². The summed E-state index contributed by atoms with van der Waals surface area (Å²) in [5, 5.41) is 8.96. The van der Waals surface area contributed by atoms with E-state index < -0.39 is 48.2 Å². The number of hydrogen-bond donors (Lipinski definition) is 4. The summed E-state index contributed by atoms with van der Waals surface area (Å²) < 4.78 is 15.7. The fraction of sp³-hybridized carbons (Fsp3) is 0.406. The number of aromatic amines is 1. The van der Waals surface area contributed by atoms with Crippen LogP contribution in [0.2, 0.25) is 0 Å². The number of aromatic nitrogens is 1. The predicted molar refractivity (Wildman–Crippen MR) is 162 cm³/mol. The third-order valence-electron chi connectivity index (χ3n) is 7.48. The highest BCUT2D eigenvalue weighted by atomic mass is 16.5. The van der Waals surface area contributed by atoms with Gasteiger partial charge in [-0.15, -0.1) is 0 Å². The number of benzene rings is 2. The first-order chi connectivity index (χ1) is 21.1. The van der Waals surface area contributed by atoms with Gasteiger partial charge in [0.2, 0.25) is 11.8 Å². The summed E-state index contributed by atoms with van der Waals surface area (Å²) in [6.45, 7) is 3.67. The molecule has 0 bridgehead atoms. The fourth-order valence-corrected chi connectivity index (χ4v) is 5.11.